The van der Waals surface area contributed by atoms with Gasteiger partial charge in [0.05, 0.1) is 6.21 Å². The number of oxime groups is 1. The van der Waals surface area contributed by atoms with Gasteiger partial charge in [0.15, 0.2) is 0 Å². The Kier molecular flexibility index (Phi) is 4.96. The molecule has 0 spiro atoms. The summed E-state index contributed by atoms with van der Waals surface area (Å²) in [5.74, 6) is 1.49. The van der Waals surface area contributed by atoms with Gasteiger partial charge in [-0.1, -0.05) is 47.6 Å². The van der Waals surface area contributed by atoms with Gasteiger partial charge >= 0.3 is 0 Å². The number of hydrogen-bond acceptors (Lipinski definition) is 4. The van der Waals surface area contributed by atoms with Gasteiger partial charge in [0.2, 0.25) is 0 Å². The predicted molar refractivity (Wildman–Crippen MR) is 95.5 cm³/mol. The van der Waals surface area contributed by atoms with E-state index in [-0.39, 0.29) is 0 Å². The fraction of sp³-hybridized carbons (Fsp3) is 0.150. The van der Waals surface area contributed by atoms with Crippen molar-refractivity contribution in [3.63, 3.8) is 0 Å². The molecule has 3 aromatic carbocycles. The highest BCUT2D eigenvalue weighted by atomic mass is 16.5. The highest BCUT2D eigenvalue weighted by molar-refractivity contribution is 6.02. The Balaban J connectivity index is 1.69. The highest BCUT2D eigenvalue weighted by Crippen LogP contribution is 2.26. The lowest BCUT2D eigenvalue weighted by molar-refractivity contribution is 0.217. The minimum absolute atomic E-state index is 0.401. The molecule has 0 fully saturated rings. The van der Waals surface area contributed by atoms with E-state index in [0.29, 0.717) is 19.0 Å². The molecular weight excluding hydrogens is 302 g/mol. The van der Waals surface area contributed by atoms with E-state index in [9.17, 15) is 0 Å². The lowest BCUT2D eigenvalue weighted by atomic mass is 10.0. The van der Waals surface area contributed by atoms with Crippen LogP contribution in [0.4, 0.5) is 0 Å². The van der Waals surface area contributed by atoms with Gasteiger partial charge in [0.1, 0.15) is 24.7 Å². The third-order valence-corrected chi connectivity index (χ3v) is 3.72. The zero-order valence-electron chi connectivity index (χ0n) is 13.5. The third kappa shape index (κ3) is 3.66. The minimum Gasteiger partial charge on any atom is -0.490 e. The van der Waals surface area contributed by atoms with Crippen molar-refractivity contribution in [1.29, 1.82) is 0 Å². The van der Waals surface area contributed by atoms with Gasteiger partial charge in [-0.25, -0.2) is 0 Å². The summed E-state index contributed by atoms with van der Waals surface area (Å²) in [6, 6.07) is 19.7. The van der Waals surface area contributed by atoms with Crippen LogP contribution >= 0.6 is 0 Å². The maximum absolute atomic E-state index is 8.94. The molecule has 122 valence electrons. The minimum atomic E-state index is 0.401. The van der Waals surface area contributed by atoms with Crippen LogP contribution in [0.25, 0.3) is 10.8 Å². The molecule has 0 heterocycles. The van der Waals surface area contributed by atoms with Crippen molar-refractivity contribution in [2.24, 2.45) is 5.16 Å². The molecule has 0 unspecified atom stereocenters. The summed E-state index contributed by atoms with van der Waals surface area (Å²) in [5.41, 5.74) is 1.91. The largest absolute Gasteiger partial charge is 0.490 e. The van der Waals surface area contributed by atoms with Gasteiger partial charge < -0.3 is 14.7 Å². The molecule has 0 aliphatic heterocycles. The van der Waals surface area contributed by atoms with Gasteiger partial charge in [-0.05, 0) is 41.5 Å². The molecular formula is C20H19NO3. The van der Waals surface area contributed by atoms with Gasteiger partial charge in [0.25, 0.3) is 0 Å². The first kappa shape index (κ1) is 15.9. The van der Waals surface area contributed by atoms with E-state index in [1.165, 1.54) is 6.21 Å². The Morgan fingerprint density at radius 2 is 1.79 bits per heavy atom. The Labute approximate surface area is 141 Å². The second-order valence-corrected chi connectivity index (χ2v) is 5.46. The number of nitrogens with zero attached hydrogens (tertiary/aromatic N) is 1. The third-order valence-electron chi connectivity index (χ3n) is 3.72. The summed E-state index contributed by atoms with van der Waals surface area (Å²) in [7, 11) is 0. The molecule has 0 atom stereocenters. The normalized spacial score (nSPS) is 11.0. The molecule has 4 nitrogen and oxygen atoms in total. The van der Waals surface area contributed by atoms with Crippen molar-refractivity contribution in [3.8, 4) is 11.5 Å². The van der Waals surface area contributed by atoms with Crippen LogP contribution in [0.5, 0.6) is 11.5 Å². The molecule has 0 aromatic heterocycles. The standard InChI is InChI=1S/C20H19NO3/c1-15-5-4-7-17(13-15)23-11-12-24-20-10-9-16-6-2-3-8-18(16)19(20)14-21-22/h2-10,13-14,22H,11-12H2,1H3. The molecule has 0 bridgehead atoms. The van der Waals surface area contributed by atoms with Gasteiger partial charge in [0, 0.05) is 5.56 Å². The molecule has 0 saturated carbocycles. The molecule has 3 rings (SSSR count). The topological polar surface area (TPSA) is 51.0 Å². The molecule has 0 saturated heterocycles. The number of fused-ring (bicyclic) bond motifs is 1. The Morgan fingerprint density at radius 1 is 0.958 bits per heavy atom. The SMILES string of the molecule is Cc1cccc(OCCOc2ccc3ccccc3c2C=NO)c1. The molecule has 1 N–H and O–H groups in total. The molecule has 3 aromatic rings. The lowest BCUT2D eigenvalue weighted by Gasteiger charge is -2.12. The van der Waals surface area contributed by atoms with Crippen molar-refractivity contribution in [2.45, 2.75) is 6.92 Å². The molecule has 0 aliphatic rings. The first-order valence-corrected chi connectivity index (χ1v) is 7.79. The fourth-order valence-corrected chi connectivity index (χ4v) is 2.61. The smallest absolute Gasteiger partial charge is 0.129 e. The highest BCUT2D eigenvalue weighted by Gasteiger charge is 2.07. The predicted octanol–water partition coefficient (Wildman–Crippen LogP) is 4.41. The van der Waals surface area contributed by atoms with E-state index in [1.807, 2.05) is 67.6 Å². The summed E-state index contributed by atoms with van der Waals surface area (Å²) in [5, 5.41) is 14.1. The second kappa shape index (κ2) is 7.51. The quantitative estimate of drug-likeness (QED) is 0.316. The van der Waals surface area contributed by atoms with Crippen LogP contribution in [0.3, 0.4) is 0 Å². The maximum Gasteiger partial charge on any atom is 0.129 e. The summed E-state index contributed by atoms with van der Waals surface area (Å²) in [4.78, 5) is 0. The number of ether oxygens (including phenoxy) is 2. The Hall–Kier alpha value is -3.01. The van der Waals surface area contributed by atoms with E-state index < -0.39 is 0 Å². The first-order valence-electron chi connectivity index (χ1n) is 7.79. The average Bonchev–Trinajstić information content (AvgIpc) is 2.60. The van der Waals surface area contributed by atoms with Gasteiger partial charge in [-0.3, -0.25) is 0 Å². The second-order valence-electron chi connectivity index (χ2n) is 5.46. The van der Waals surface area contributed by atoms with Crippen molar-refractivity contribution >= 4 is 17.0 Å². The van der Waals surface area contributed by atoms with Crippen molar-refractivity contribution < 1.29 is 14.7 Å². The van der Waals surface area contributed by atoms with Gasteiger partial charge in [-0.15, -0.1) is 0 Å². The summed E-state index contributed by atoms with van der Waals surface area (Å²) < 4.78 is 11.5. The maximum atomic E-state index is 8.94. The monoisotopic (exact) mass is 321 g/mol. The van der Waals surface area contributed by atoms with Crippen LogP contribution < -0.4 is 9.47 Å². The van der Waals surface area contributed by atoms with Crippen LogP contribution in [-0.2, 0) is 0 Å². The average molecular weight is 321 g/mol. The van der Waals surface area contributed by atoms with E-state index in [2.05, 4.69) is 5.16 Å². The molecule has 0 radical (unpaired) electrons. The van der Waals surface area contributed by atoms with E-state index in [1.54, 1.807) is 0 Å². The molecule has 4 heteroatoms. The van der Waals surface area contributed by atoms with Gasteiger partial charge in [-0.2, -0.15) is 0 Å². The fourth-order valence-electron chi connectivity index (χ4n) is 2.61. The molecule has 0 aliphatic carbocycles. The van der Waals surface area contributed by atoms with Crippen molar-refractivity contribution in [2.75, 3.05) is 13.2 Å². The van der Waals surface area contributed by atoms with Crippen LogP contribution in [0.1, 0.15) is 11.1 Å². The number of benzene rings is 3. The Bertz CT molecular complexity index is 858. The van der Waals surface area contributed by atoms with Crippen LogP contribution in [0, 0.1) is 6.92 Å². The van der Waals surface area contributed by atoms with E-state index in [0.717, 1.165) is 27.6 Å². The van der Waals surface area contributed by atoms with E-state index in [4.69, 9.17) is 14.7 Å². The molecule has 24 heavy (non-hydrogen) atoms. The van der Waals surface area contributed by atoms with Crippen molar-refractivity contribution in [1.82, 2.24) is 0 Å². The zero-order chi connectivity index (χ0) is 16.8. The van der Waals surface area contributed by atoms with Crippen molar-refractivity contribution in [3.05, 3.63) is 71.8 Å². The van der Waals surface area contributed by atoms with Crippen LogP contribution in [-0.4, -0.2) is 24.6 Å². The Morgan fingerprint density at radius 3 is 2.62 bits per heavy atom. The van der Waals surface area contributed by atoms with Crippen LogP contribution in [0.15, 0.2) is 65.8 Å². The van der Waals surface area contributed by atoms with E-state index >= 15 is 0 Å². The number of aryl methyl sites for hydroxylation is 1. The summed E-state index contributed by atoms with van der Waals surface area (Å²) in [6.07, 6.45) is 1.40. The number of rotatable bonds is 6. The summed E-state index contributed by atoms with van der Waals surface area (Å²) >= 11 is 0. The summed E-state index contributed by atoms with van der Waals surface area (Å²) in [6.45, 7) is 2.86. The zero-order valence-corrected chi connectivity index (χ0v) is 13.5. The lowest BCUT2D eigenvalue weighted by Crippen LogP contribution is -2.10. The number of hydrogen-bond donors (Lipinski definition) is 1. The first-order chi connectivity index (χ1) is 11.8. The van der Waals surface area contributed by atoms with Crippen LogP contribution in [0.2, 0.25) is 0 Å². The molecule has 0 amide bonds.